The van der Waals surface area contributed by atoms with E-state index in [1.54, 1.807) is 39.8 Å². The number of anilines is 1. The molecule has 1 rings (SSSR count). The molecule has 0 aliphatic rings. The Morgan fingerprint density at radius 2 is 1.86 bits per heavy atom. The van der Waals surface area contributed by atoms with Gasteiger partial charge in [-0.25, -0.2) is 19.6 Å². The molecule has 120 valence electrons. The van der Waals surface area contributed by atoms with Crippen molar-refractivity contribution in [2.24, 2.45) is 0 Å². The summed E-state index contributed by atoms with van der Waals surface area (Å²) in [7, 11) is 4.84. The zero-order valence-corrected chi connectivity index (χ0v) is 13.7. The van der Waals surface area contributed by atoms with Gasteiger partial charge in [-0.3, -0.25) is 0 Å². The average Bonchev–Trinajstić information content (AvgIpc) is 2.42. The molecule has 0 N–H and O–H groups in total. The third-order valence-corrected chi connectivity index (χ3v) is 2.36. The second-order valence-electron chi connectivity index (χ2n) is 5.72. The maximum Gasteiger partial charge on any atom is 0.356 e. The molecule has 0 saturated carbocycles. The number of aromatic nitrogens is 2. The molecule has 0 saturated heterocycles. The smallest absolute Gasteiger partial charge is 0.356 e. The number of esters is 2. The number of nitrogens with zero attached hydrogens (tertiary/aromatic N) is 3. The van der Waals surface area contributed by atoms with Crippen molar-refractivity contribution in [3.8, 4) is 0 Å². The predicted molar refractivity (Wildman–Crippen MR) is 82.6 cm³/mol. The zero-order chi connectivity index (χ0) is 16.9. The minimum Gasteiger partial charge on any atom is -0.464 e. The lowest BCUT2D eigenvalue weighted by atomic mass is 10.2. The van der Waals surface area contributed by atoms with Crippen LogP contribution in [-0.2, 0) is 14.3 Å². The van der Waals surface area contributed by atoms with Gasteiger partial charge in [0.15, 0.2) is 11.5 Å². The Balaban J connectivity index is 3.05. The fourth-order valence-corrected chi connectivity index (χ4v) is 1.44. The topological polar surface area (TPSA) is 81.6 Å². The van der Waals surface area contributed by atoms with E-state index >= 15 is 0 Å². The van der Waals surface area contributed by atoms with E-state index in [-0.39, 0.29) is 11.5 Å². The fourth-order valence-electron chi connectivity index (χ4n) is 1.44. The van der Waals surface area contributed by atoms with Crippen LogP contribution in [0.1, 0.15) is 37.1 Å². The number of carbonyl (C=O) groups is 2. The fraction of sp³-hybridized carbons (Fsp3) is 0.467. The maximum atomic E-state index is 11.7. The standard InChI is InChI=1S/C15H21N3O4/c1-15(2,3)22-13(19)8-7-11-16-10(14(20)21-6)9-12(17-11)18(4)5/h7-9H,1-6H3. The summed E-state index contributed by atoms with van der Waals surface area (Å²) in [5.74, 6) is -0.333. The van der Waals surface area contributed by atoms with Gasteiger partial charge < -0.3 is 14.4 Å². The number of hydrogen-bond acceptors (Lipinski definition) is 7. The van der Waals surface area contributed by atoms with Gasteiger partial charge in [0.25, 0.3) is 0 Å². The first kappa shape index (κ1) is 17.6. The van der Waals surface area contributed by atoms with Crippen molar-refractivity contribution in [3.63, 3.8) is 0 Å². The van der Waals surface area contributed by atoms with Gasteiger partial charge in [-0.2, -0.15) is 0 Å². The van der Waals surface area contributed by atoms with Gasteiger partial charge in [-0.05, 0) is 26.8 Å². The predicted octanol–water partition coefficient (Wildman–Crippen LogP) is 1.68. The van der Waals surface area contributed by atoms with Gasteiger partial charge in [0.1, 0.15) is 11.4 Å². The number of carbonyl (C=O) groups excluding carboxylic acids is 2. The van der Waals surface area contributed by atoms with E-state index in [0.29, 0.717) is 5.82 Å². The Hall–Kier alpha value is -2.44. The van der Waals surface area contributed by atoms with Crippen molar-refractivity contribution < 1.29 is 19.1 Å². The quantitative estimate of drug-likeness (QED) is 0.618. The van der Waals surface area contributed by atoms with Gasteiger partial charge in [-0.1, -0.05) is 0 Å². The first-order valence-electron chi connectivity index (χ1n) is 6.68. The first-order chi connectivity index (χ1) is 10.1. The van der Waals surface area contributed by atoms with Crippen LogP contribution in [0.2, 0.25) is 0 Å². The summed E-state index contributed by atoms with van der Waals surface area (Å²) in [6.07, 6.45) is 2.62. The molecule has 0 aliphatic heterocycles. The van der Waals surface area contributed by atoms with Gasteiger partial charge in [-0.15, -0.1) is 0 Å². The second-order valence-corrected chi connectivity index (χ2v) is 5.72. The Bertz CT molecular complexity index is 589. The Morgan fingerprint density at radius 3 is 2.36 bits per heavy atom. The van der Waals surface area contributed by atoms with Crippen LogP contribution in [0.25, 0.3) is 6.08 Å². The SMILES string of the molecule is COC(=O)c1cc(N(C)C)nc(C=CC(=O)OC(C)(C)C)n1. The Morgan fingerprint density at radius 1 is 1.23 bits per heavy atom. The summed E-state index contributed by atoms with van der Waals surface area (Å²) in [5, 5.41) is 0. The summed E-state index contributed by atoms with van der Waals surface area (Å²) in [6, 6.07) is 1.51. The van der Waals surface area contributed by atoms with Crippen LogP contribution in [-0.4, -0.2) is 48.7 Å². The van der Waals surface area contributed by atoms with Crippen molar-refractivity contribution in [1.82, 2.24) is 9.97 Å². The third kappa shape index (κ3) is 5.51. The monoisotopic (exact) mass is 307 g/mol. The van der Waals surface area contributed by atoms with Gasteiger partial charge in [0.05, 0.1) is 7.11 Å². The van der Waals surface area contributed by atoms with E-state index in [2.05, 4.69) is 14.7 Å². The second kappa shape index (κ2) is 7.02. The van der Waals surface area contributed by atoms with Crippen molar-refractivity contribution in [2.45, 2.75) is 26.4 Å². The van der Waals surface area contributed by atoms with Crippen LogP contribution in [0, 0.1) is 0 Å². The summed E-state index contributed by atoms with van der Waals surface area (Å²) in [4.78, 5) is 33.3. The lowest BCUT2D eigenvalue weighted by molar-refractivity contribution is -0.148. The molecule has 0 amide bonds. The Labute approximate surface area is 130 Å². The van der Waals surface area contributed by atoms with Crippen LogP contribution in [0.5, 0.6) is 0 Å². The molecule has 7 nitrogen and oxygen atoms in total. The first-order valence-corrected chi connectivity index (χ1v) is 6.68. The highest BCUT2D eigenvalue weighted by Crippen LogP contribution is 2.12. The third-order valence-electron chi connectivity index (χ3n) is 2.36. The highest BCUT2D eigenvalue weighted by atomic mass is 16.6. The van der Waals surface area contributed by atoms with Crippen LogP contribution in [0.4, 0.5) is 5.82 Å². The molecule has 0 unspecified atom stereocenters. The lowest BCUT2D eigenvalue weighted by Gasteiger charge is -2.17. The molecule has 1 aromatic rings. The molecular weight excluding hydrogens is 286 g/mol. The van der Waals surface area contributed by atoms with Crippen molar-refractivity contribution in [2.75, 3.05) is 26.1 Å². The zero-order valence-electron chi connectivity index (χ0n) is 13.7. The van der Waals surface area contributed by atoms with Crippen LogP contribution < -0.4 is 4.90 Å². The van der Waals surface area contributed by atoms with E-state index in [4.69, 9.17) is 4.74 Å². The molecule has 0 aromatic carbocycles. The molecule has 1 heterocycles. The normalized spacial score (nSPS) is 11.4. The van der Waals surface area contributed by atoms with E-state index in [0.717, 1.165) is 0 Å². The summed E-state index contributed by atoms with van der Waals surface area (Å²) >= 11 is 0. The maximum absolute atomic E-state index is 11.7. The van der Waals surface area contributed by atoms with Crippen LogP contribution in [0.3, 0.4) is 0 Å². The van der Waals surface area contributed by atoms with Crippen molar-refractivity contribution >= 4 is 23.8 Å². The Kier molecular flexibility index (Phi) is 5.62. The molecule has 22 heavy (non-hydrogen) atoms. The van der Waals surface area contributed by atoms with Gasteiger partial charge >= 0.3 is 11.9 Å². The van der Waals surface area contributed by atoms with Gasteiger partial charge in [0, 0.05) is 26.2 Å². The molecular formula is C15H21N3O4. The van der Waals surface area contributed by atoms with E-state index < -0.39 is 17.5 Å². The molecule has 0 aliphatic carbocycles. The summed E-state index contributed by atoms with van der Waals surface area (Å²) in [5.41, 5.74) is -0.463. The molecule has 0 fully saturated rings. The molecule has 0 bridgehead atoms. The largest absolute Gasteiger partial charge is 0.464 e. The number of ether oxygens (including phenoxy) is 2. The van der Waals surface area contributed by atoms with Crippen LogP contribution >= 0.6 is 0 Å². The minimum absolute atomic E-state index is 0.116. The molecule has 0 spiro atoms. The highest BCUT2D eigenvalue weighted by molar-refractivity contribution is 5.89. The molecule has 0 atom stereocenters. The minimum atomic E-state index is -0.578. The van der Waals surface area contributed by atoms with E-state index in [1.165, 1.54) is 25.3 Å². The van der Waals surface area contributed by atoms with Crippen LogP contribution in [0.15, 0.2) is 12.1 Å². The average molecular weight is 307 g/mol. The molecule has 0 radical (unpaired) electrons. The highest BCUT2D eigenvalue weighted by Gasteiger charge is 2.15. The van der Waals surface area contributed by atoms with E-state index in [9.17, 15) is 9.59 Å². The van der Waals surface area contributed by atoms with Gasteiger partial charge in [0.2, 0.25) is 0 Å². The lowest BCUT2D eigenvalue weighted by Crippen LogP contribution is -2.22. The molecule has 1 aromatic heterocycles. The summed E-state index contributed by atoms with van der Waals surface area (Å²) in [6.45, 7) is 5.33. The van der Waals surface area contributed by atoms with Crippen molar-refractivity contribution in [1.29, 1.82) is 0 Å². The number of methoxy groups -OCH3 is 1. The molecule has 7 heteroatoms. The van der Waals surface area contributed by atoms with E-state index in [1.807, 2.05) is 0 Å². The number of rotatable bonds is 4. The number of hydrogen-bond donors (Lipinski definition) is 0. The van der Waals surface area contributed by atoms with Crippen molar-refractivity contribution in [3.05, 3.63) is 23.7 Å². The summed E-state index contributed by atoms with van der Waals surface area (Å²) < 4.78 is 9.81.